The summed E-state index contributed by atoms with van der Waals surface area (Å²) in [5, 5.41) is 10.4. The molecule has 0 saturated heterocycles. The summed E-state index contributed by atoms with van der Waals surface area (Å²) in [7, 11) is 0. The SMILES string of the molecule is c1ccc(-c2ccc(-c3c4ccccc4c(-c4cccc5cc6c(cc45)sc4ccccc46)c4ccccc34)cc2)cc1. The van der Waals surface area contributed by atoms with Crippen LogP contribution < -0.4 is 0 Å². The highest BCUT2D eigenvalue weighted by Crippen LogP contribution is 2.46. The first-order valence-corrected chi connectivity index (χ1v) is 15.6. The average molecular weight is 563 g/mol. The normalized spacial score (nSPS) is 11.7. The third-order valence-electron chi connectivity index (χ3n) is 8.86. The molecule has 0 fully saturated rings. The summed E-state index contributed by atoms with van der Waals surface area (Å²) in [5.74, 6) is 0. The van der Waals surface area contributed by atoms with Crippen LogP contribution in [0.2, 0.25) is 0 Å². The molecule has 9 aromatic rings. The van der Waals surface area contributed by atoms with Crippen LogP contribution in [0.1, 0.15) is 0 Å². The summed E-state index contributed by atoms with van der Waals surface area (Å²) in [6.07, 6.45) is 0. The molecule has 0 aliphatic heterocycles. The van der Waals surface area contributed by atoms with Crippen molar-refractivity contribution >= 4 is 63.8 Å². The first-order chi connectivity index (χ1) is 21.3. The van der Waals surface area contributed by atoms with Gasteiger partial charge in [-0.1, -0.05) is 140 Å². The van der Waals surface area contributed by atoms with E-state index in [1.807, 2.05) is 11.3 Å². The van der Waals surface area contributed by atoms with Crippen molar-refractivity contribution in [1.29, 1.82) is 0 Å². The lowest BCUT2D eigenvalue weighted by molar-refractivity contribution is 1.61. The largest absolute Gasteiger partial charge is 0.135 e. The molecule has 9 rings (SSSR count). The molecule has 1 heteroatoms. The Bertz CT molecular complexity index is 2420. The Morgan fingerprint density at radius 2 is 0.860 bits per heavy atom. The van der Waals surface area contributed by atoms with Crippen LogP contribution in [0, 0.1) is 0 Å². The van der Waals surface area contributed by atoms with Crippen LogP contribution >= 0.6 is 11.3 Å². The van der Waals surface area contributed by atoms with Crippen molar-refractivity contribution in [3.63, 3.8) is 0 Å². The van der Waals surface area contributed by atoms with Crippen LogP contribution in [-0.4, -0.2) is 0 Å². The van der Waals surface area contributed by atoms with Crippen molar-refractivity contribution in [1.82, 2.24) is 0 Å². The molecule has 0 unspecified atom stereocenters. The Labute approximate surface area is 254 Å². The van der Waals surface area contributed by atoms with Gasteiger partial charge in [-0.25, -0.2) is 0 Å². The van der Waals surface area contributed by atoms with Gasteiger partial charge in [0, 0.05) is 20.2 Å². The molecule has 0 N–H and O–H groups in total. The van der Waals surface area contributed by atoms with Gasteiger partial charge in [0.05, 0.1) is 0 Å². The fraction of sp³-hybridized carbons (Fsp3) is 0. The Hall–Kier alpha value is -5.24. The maximum atomic E-state index is 2.42. The maximum Gasteiger partial charge on any atom is 0.0362 e. The van der Waals surface area contributed by atoms with Crippen molar-refractivity contribution in [2.75, 3.05) is 0 Å². The fourth-order valence-electron chi connectivity index (χ4n) is 6.90. The number of rotatable bonds is 3. The molecule has 0 radical (unpaired) electrons. The molecule has 1 aromatic heterocycles. The van der Waals surface area contributed by atoms with Crippen molar-refractivity contribution in [3.05, 3.63) is 158 Å². The second-order valence-corrected chi connectivity index (χ2v) is 12.3. The third kappa shape index (κ3) is 3.82. The van der Waals surface area contributed by atoms with Gasteiger partial charge in [-0.05, 0) is 83.9 Å². The van der Waals surface area contributed by atoms with E-state index in [0.29, 0.717) is 0 Å². The minimum Gasteiger partial charge on any atom is -0.135 e. The molecule has 0 nitrogen and oxygen atoms in total. The van der Waals surface area contributed by atoms with Gasteiger partial charge in [0.25, 0.3) is 0 Å². The number of hydrogen-bond acceptors (Lipinski definition) is 1. The number of thiophene rings is 1. The molecule has 43 heavy (non-hydrogen) atoms. The topological polar surface area (TPSA) is 0 Å². The van der Waals surface area contributed by atoms with E-state index >= 15 is 0 Å². The molecular weight excluding hydrogens is 537 g/mol. The molecule has 8 aromatic carbocycles. The van der Waals surface area contributed by atoms with E-state index in [4.69, 9.17) is 0 Å². The lowest BCUT2D eigenvalue weighted by Crippen LogP contribution is -1.91. The van der Waals surface area contributed by atoms with Crippen LogP contribution in [-0.2, 0) is 0 Å². The van der Waals surface area contributed by atoms with E-state index < -0.39 is 0 Å². The van der Waals surface area contributed by atoms with Gasteiger partial charge in [0.2, 0.25) is 0 Å². The highest BCUT2D eigenvalue weighted by Gasteiger charge is 2.18. The average Bonchev–Trinajstić information content (AvgIpc) is 3.44. The minimum absolute atomic E-state index is 1.23. The first-order valence-electron chi connectivity index (χ1n) is 14.8. The summed E-state index contributed by atoms with van der Waals surface area (Å²) in [5.41, 5.74) is 7.60. The second kappa shape index (κ2) is 9.66. The lowest BCUT2D eigenvalue weighted by atomic mass is 9.84. The van der Waals surface area contributed by atoms with Crippen LogP contribution in [0.5, 0.6) is 0 Å². The molecule has 1 heterocycles. The number of fused-ring (bicyclic) bond motifs is 6. The summed E-state index contributed by atoms with van der Waals surface area (Å²) < 4.78 is 2.68. The quantitative estimate of drug-likeness (QED) is 0.188. The Balaban J connectivity index is 1.33. The van der Waals surface area contributed by atoms with Gasteiger partial charge in [0.15, 0.2) is 0 Å². The van der Waals surface area contributed by atoms with Gasteiger partial charge in [0.1, 0.15) is 0 Å². The van der Waals surface area contributed by atoms with E-state index in [2.05, 4.69) is 158 Å². The van der Waals surface area contributed by atoms with Gasteiger partial charge in [-0.15, -0.1) is 11.3 Å². The maximum absolute atomic E-state index is 2.42. The summed E-state index contributed by atoms with van der Waals surface area (Å²) in [4.78, 5) is 0. The van der Waals surface area contributed by atoms with Crippen LogP contribution in [0.25, 0.3) is 85.9 Å². The van der Waals surface area contributed by atoms with Crippen LogP contribution in [0.3, 0.4) is 0 Å². The Morgan fingerprint density at radius 1 is 0.302 bits per heavy atom. The van der Waals surface area contributed by atoms with Gasteiger partial charge in [-0.3, -0.25) is 0 Å². The Kier molecular flexibility index (Phi) is 5.47. The molecule has 0 atom stereocenters. The summed E-state index contributed by atoms with van der Waals surface area (Å²) in [6, 6.07) is 57.9. The zero-order valence-electron chi connectivity index (χ0n) is 23.4. The van der Waals surface area contributed by atoms with Crippen LogP contribution in [0.15, 0.2) is 158 Å². The predicted octanol–water partition coefficient (Wildman–Crippen LogP) is 12.5. The van der Waals surface area contributed by atoms with E-state index in [9.17, 15) is 0 Å². The zero-order chi connectivity index (χ0) is 28.3. The zero-order valence-corrected chi connectivity index (χ0v) is 24.2. The predicted molar refractivity (Wildman–Crippen MR) is 188 cm³/mol. The van der Waals surface area contributed by atoms with Crippen molar-refractivity contribution in [2.24, 2.45) is 0 Å². The molecule has 200 valence electrons. The van der Waals surface area contributed by atoms with E-state index in [1.165, 1.54) is 85.9 Å². The molecular formula is C42H26S. The molecule has 0 aliphatic carbocycles. The van der Waals surface area contributed by atoms with Crippen molar-refractivity contribution < 1.29 is 0 Å². The van der Waals surface area contributed by atoms with Crippen molar-refractivity contribution in [3.8, 4) is 33.4 Å². The molecule has 0 spiro atoms. The highest BCUT2D eigenvalue weighted by molar-refractivity contribution is 7.25. The lowest BCUT2D eigenvalue weighted by Gasteiger charge is -2.19. The smallest absolute Gasteiger partial charge is 0.0362 e. The third-order valence-corrected chi connectivity index (χ3v) is 9.99. The molecule has 0 aliphatic rings. The summed E-state index contributed by atoms with van der Waals surface area (Å²) in [6.45, 7) is 0. The van der Waals surface area contributed by atoms with Crippen LogP contribution in [0.4, 0.5) is 0 Å². The van der Waals surface area contributed by atoms with E-state index in [1.54, 1.807) is 0 Å². The summed E-state index contributed by atoms with van der Waals surface area (Å²) >= 11 is 1.89. The molecule has 0 bridgehead atoms. The second-order valence-electron chi connectivity index (χ2n) is 11.3. The van der Waals surface area contributed by atoms with Gasteiger partial charge in [-0.2, -0.15) is 0 Å². The standard InChI is InChI=1S/C42H26S/c1-2-11-27(12-3-1)28-21-23-29(24-22-28)41-32-15-4-6-17-34(32)42(35-18-7-5-16-33(35)41)36-19-10-13-30-25-38-31-14-8-9-20-39(31)43-40(38)26-37(30)36/h1-26H. The minimum atomic E-state index is 1.23. The number of benzene rings is 8. The monoisotopic (exact) mass is 562 g/mol. The number of hydrogen-bond donors (Lipinski definition) is 0. The van der Waals surface area contributed by atoms with E-state index in [0.717, 1.165) is 0 Å². The van der Waals surface area contributed by atoms with Gasteiger partial charge < -0.3 is 0 Å². The fourth-order valence-corrected chi connectivity index (χ4v) is 8.03. The van der Waals surface area contributed by atoms with E-state index in [-0.39, 0.29) is 0 Å². The van der Waals surface area contributed by atoms with Gasteiger partial charge >= 0.3 is 0 Å². The molecule has 0 amide bonds. The first kappa shape index (κ1) is 24.4. The highest BCUT2D eigenvalue weighted by atomic mass is 32.1. The van der Waals surface area contributed by atoms with Crippen molar-refractivity contribution in [2.45, 2.75) is 0 Å². The Morgan fingerprint density at radius 3 is 1.56 bits per heavy atom. The molecule has 0 saturated carbocycles.